The Balaban J connectivity index is 1.89. The van der Waals surface area contributed by atoms with Crippen molar-refractivity contribution in [1.29, 1.82) is 0 Å². The quantitative estimate of drug-likeness (QED) is 0.702. The molecule has 2 aromatic carbocycles. The Morgan fingerprint density at radius 1 is 0.947 bits per heavy atom. The van der Waals surface area contributed by atoms with Crippen LogP contribution < -0.4 is 0 Å². The molecule has 0 fully saturated rings. The maximum Gasteiger partial charge on any atom is 0.215 e. The average Bonchev–Trinajstić information content (AvgIpc) is 3.00. The number of aromatic amines is 1. The number of Topliss-reactive ketones (excluding diaryl/α,β-unsaturated/α-hetero) is 1. The molecular weight excluding hydrogens is 236 g/mol. The summed E-state index contributed by atoms with van der Waals surface area (Å²) in [5.41, 5.74) is 3.72. The third-order valence-electron chi connectivity index (χ3n) is 3.38. The molecule has 0 saturated heterocycles. The Hall–Kier alpha value is -2.68. The van der Waals surface area contributed by atoms with Gasteiger partial charge < -0.3 is 4.98 Å². The van der Waals surface area contributed by atoms with E-state index in [0.717, 1.165) is 22.3 Å². The molecule has 19 heavy (non-hydrogen) atoms. The van der Waals surface area contributed by atoms with Gasteiger partial charge in [0.25, 0.3) is 0 Å². The van der Waals surface area contributed by atoms with Gasteiger partial charge in [0, 0.05) is 16.5 Å². The Morgan fingerprint density at radius 3 is 2.58 bits per heavy atom. The monoisotopic (exact) mass is 246 g/mol. The van der Waals surface area contributed by atoms with Gasteiger partial charge in [-0.25, -0.2) is 4.99 Å². The van der Waals surface area contributed by atoms with Gasteiger partial charge in [-0.2, -0.15) is 0 Å². The number of H-pyrrole nitrogens is 1. The number of fused-ring (bicyclic) bond motifs is 2. The molecule has 1 aliphatic heterocycles. The highest BCUT2D eigenvalue weighted by Crippen LogP contribution is 2.29. The van der Waals surface area contributed by atoms with Crippen LogP contribution in [0.2, 0.25) is 0 Å². The second-order valence-electron chi connectivity index (χ2n) is 4.58. The van der Waals surface area contributed by atoms with Crippen LogP contribution in [0.4, 0.5) is 5.69 Å². The van der Waals surface area contributed by atoms with Crippen LogP contribution in [0.15, 0.2) is 59.6 Å². The van der Waals surface area contributed by atoms with Gasteiger partial charge >= 0.3 is 0 Å². The third-order valence-corrected chi connectivity index (χ3v) is 3.38. The third kappa shape index (κ3) is 1.45. The molecule has 1 aliphatic rings. The lowest BCUT2D eigenvalue weighted by Gasteiger charge is -1.94. The predicted molar refractivity (Wildman–Crippen MR) is 75.3 cm³/mol. The van der Waals surface area contributed by atoms with Crippen LogP contribution >= 0.6 is 0 Å². The summed E-state index contributed by atoms with van der Waals surface area (Å²) < 4.78 is 0. The van der Waals surface area contributed by atoms with Gasteiger partial charge in [-0.15, -0.1) is 0 Å². The normalized spacial score (nSPS) is 13.7. The summed E-state index contributed by atoms with van der Waals surface area (Å²) in [7, 11) is 0. The number of carbonyl (C=O) groups is 1. The van der Waals surface area contributed by atoms with E-state index in [0.29, 0.717) is 11.3 Å². The van der Waals surface area contributed by atoms with E-state index in [9.17, 15) is 4.79 Å². The number of hydrogen-bond acceptors (Lipinski definition) is 2. The zero-order valence-corrected chi connectivity index (χ0v) is 10.1. The first-order chi connectivity index (χ1) is 9.33. The molecule has 0 bridgehead atoms. The van der Waals surface area contributed by atoms with Crippen LogP contribution in [-0.2, 0) is 0 Å². The number of aliphatic imine (C=N–C) groups is 1. The molecule has 1 N–H and O–H groups in total. The average molecular weight is 246 g/mol. The van der Waals surface area contributed by atoms with Crippen molar-refractivity contribution in [3.05, 3.63) is 65.9 Å². The molecule has 3 aromatic rings. The van der Waals surface area contributed by atoms with Gasteiger partial charge in [0.2, 0.25) is 5.78 Å². The molecule has 2 heterocycles. The highest BCUT2D eigenvalue weighted by atomic mass is 16.1. The number of hydrogen-bond donors (Lipinski definition) is 1. The lowest BCUT2D eigenvalue weighted by atomic mass is 10.1. The van der Waals surface area contributed by atoms with Crippen molar-refractivity contribution in [3.8, 4) is 0 Å². The number of benzene rings is 2. The number of rotatable bonds is 1. The zero-order chi connectivity index (χ0) is 12.8. The van der Waals surface area contributed by atoms with E-state index < -0.39 is 0 Å². The van der Waals surface area contributed by atoms with Gasteiger partial charge in [-0.1, -0.05) is 30.3 Å². The predicted octanol–water partition coefficient (Wildman–Crippen LogP) is 3.49. The largest absolute Gasteiger partial charge is 0.353 e. The molecule has 0 unspecified atom stereocenters. The first-order valence-electron chi connectivity index (χ1n) is 6.13. The van der Waals surface area contributed by atoms with Gasteiger partial charge in [0.05, 0.1) is 11.4 Å². The van der Waals surface area contributed by atoms with Gasteiger partial charge in [-0.05, 0) is 24.3 Å². The summed E-state index contributed by atoms with van der Waals surface area (Å²) in [6, 6.07) is 17.4. The molecule has 0 radical (unpaired) electrons. The molecule has 4 rings (SSSR count). The molecule has 1 aromatic heterocycles. The topological polar surface area (TPSA) is 45.2 Å². The molecule has 3 heteroatoms. The van der Waals surface area contributed by atoms with E-state index in [-0.39, 0.29) is 5.78 Å². The minimum absolute atomic E-state index is 0.0119. The number of carbonyl (C=O) groups excluding carboxylic acids is 1. The minimum Gasteiger partial charge on any atom is -0.353 e. The lowest BCUT2D eigenvalue weighted by Crippen LogP contribution is -2.11. The first kappa shape index (κ1) is 10.3. The number of para-hydroxylation sites is 2. The smallest absolute Gasteiger partial charge is 0.215 e. The standard InChI is InChI=1S/C16H10N2O/c19-16-11-6-2-4-8-13(11)18-15(16)14-9-10-5-1-3-7-12(10)17-14/h1-9,17H. The van der Waals surface area contributed by atoms with Gasteiger partial charge in [0.1, 0.15) is 5.71 Å². The van der Waals surface area contributed by atoms with Crippen LogP contribution in [0, 0.1) is 0 Å². The summed E-state index contributed by atoms with van der Waals surface area (Å²) in [6.45, 7) is 0. The Labute approximate surface area is 109 Å². The van der Waals surface area contributed by atoms with Crippen molar-refractivity contribution in [2.24, 2.45) is 4.99 Å². The van der Waals surface area contributed by atoms with Crippen molar-refractivity contribution in [3.63, 3.8) is 0 Å². The van der Waals surface area contributed by atoms with Crippen LogP contribution in [0.5, 0.6) is 0 Å². The van der Waals surface area contributed by atoms with E-state index in [2.05, 4.69) is 9.98 Å². The molecule has 0 amide bonds. The fourth-order valence-electron chi connectivity index (χ4n) is 2.45. The number of aromatic nitrogens is 1. The molecule has 3 nitrogen and oxygen atoms in total. The van der Waals surface area contributed by atoms with Gasteiger partial charge in [-0.3, -0.25) is 4.79 Å². The Morgan fingerprint density at radius 2 is 1.74 bits per heavy atom. The lowest BCUT2D eigenvalue weighted by molar-refractivity contribution is 0.107. The summed E-state index contributed by atoms with van der Waals surface area (Å²) in [5, 5.41) is 1.09. The second-order valence-corrected chi connectivity index (χ2v) is 4.58. The van der Waals surface area contributed by atoms with E-state index >= 15 is 0 Å². The van der Waals surface area contributed by atoms with Crippen molar-refractivity contribution in [1.82, 2.24) is 4.98 Å². The fourth-order valence-corrected chi connectivity index (χ4v) is 2.45. The van der Waals surface area contributed by atoms with Crippen molar-refractivity contribution >= 4 is 28.1 Å². The zero-order valence-electron chi connectivity index (χ0n) is 10.1. The van der Waals surface area contributed by atoms with Crippen LogP contribution in [0.3, 0.4) is 0 Å². The Bertz CT molecular complexity index is 810. The number of ketones is 1. The second kappa shape index (κ2) is 3.65. The van der Waals surface area contributed by atoms with Crippen molar-refractivity contribution < 1.29 is 4.79 Å². The molecular formula is C16H10N2O. The summed E-state index contributed by atoms with van der Waals surface area (Å²) in [5.74, 6) is -0.0119. The number of nitrogens with zero attached hydrogens (tertiary/aromatic N) is 1. The van der Waals surface area contributed by atoms with E-state index in [1.165, 1.54) is 0 Å². The molecule has 0 spiro atoms. The van der Waals surface area contributed by atoms with Crippen molar-refractivity contribution in [2.75, 3.05) is 0 Å². The SMILES string of the molecule is O=C1C(c2cc3ccccc3[nH]2)=Nc2ccccc21. The minimum atomic E-state index is -0.0119. The summed E-state index contributed by atoms with van der Waals surface area (Å²) in [6.07, 6.45) is 0. The van der Waals surface area contributed by atoms with Crippen molar-refractivity contribution in [2.45, 2.75) is 0 Å². The van der Waals surface area contributed by atoms with E-state index in [1.807, 2.05) is 54.6 Å². The first-order valence-corrected chi connectivity index (χ1v) is 6.13. The van der Waals surface area contributed by atoms with Crippen LogP contribution in [-0.4, -0.2) is 16.5 Å². The van der Waals surface area contributed by atoms with E-state index in [1.54, 1.807) is 0 Å². The van der Waals surface area contributed by atoms with Crippen LogP contribution in [0.1, 0.15) is 16.1 Å². The Kier molecular flexibility index (Phi) is 1.97. The summed E-state index contributed by atoms with van der Waals surface area (Å²) >= 11 is 0. The number of nitrogens with one attached hydrogen (secondary N) is 1. The maximum atomic E-state index is 12.3. The highest BCUT2D eigenvalue weighted by Gasteiger charge is 2.26. The molecule has 90 valence electrons. The van der Waals surface area contributed by atoms with E-state index in [4.69, 9.17) is 0 Å². The van der Waals surface area contributed by atoms with Gasteiger partial charge in [0.15, 0.2) is 0 Å². The fraction of sp³-hybridized carbons (Fsp3) is 0. The summed E-state index contributed by atoms with van der Waals surface area (Å²) in [4.78, 5) is 20.0. The molecule has 0 aliphatic carbocycles. The highest BCUT2D eigenvalue weighted by molar-refractivity contribution is 6.54. The van der Waals surface area contributed by atoms with Crippen LogP contribution in [0.25, 0.3) is 10.9 Å². The maximum absolute atomic E-state index is 12.3. The molecule has 0 saturated carbocycles. The molecule has 0 atom stereocenters.